The van der Waals surface area contributed by atoms with Crippen molar-refractivity contribution in [3.8, 4) is 5.69 Å². The second kappa shape index (κ2) is 3.83. The quantitative estimate of drug-likeness (QED) is 0.821. The van der Waals surface area contributed by atoms with Crippen LogP contribution < -0.4 is 5.73 Å². The maximum atomic E-state index is 13.2. The van der Waals surface area contributed by atoms with Gasteiger partial charge in [-0.25, -0.2) is 9.07 Å². The van der Waals surface area contributed by atoms with Crippen molar-refractivity contribution in [1.29, 1.82) is 0 Å². The number of anilines is 1. The van der Waals surface area contributed by atoms with Crippen LogP contribution in [0.3, 0.4) is 0 Å². The van der Waals surface area contributed by atoms with Gasteiger partial charge >= 0.3 is 0 Å². The van der Waals surface area contributed by atoms with E-state index in [4.69, 9.17) is 17.3 Å². The summed E-state index contributed by atoms with van der Waals surface area (Å²) in [6.07, 6.45) is 3.27. The van der Waals surface area contributed by atoms with Gasteiger partial charge in [0, 0.05) is 12.3 Å². The SMILES string of the molecule is Nc1cc(Cl)c(F)cc1-n1cc(Br)cn1. The van der Waals surface area contributed by atoms with Crippen LogP contribution >= 0.6 is 27.5 Å². The number of aromatic nitrogens is 2. The van der Waals surface area contributed by atoms with Crippen LogP contribution in [0.25, 0.3) is 5.69 Å². The zero-order valence-corrected chi connectivity index (χ0v) is 9.76. The van der Waals surface area contributed by atoms with Crippen LogP contribution in [-0.2, 0) is 0 Å². The molecule has 3 nitrogen and oxygen atoms in total. The fourth-order valence-electron chi connectivity index (χ4n) is 1.18. The van der Waals surface area contributed by atoms with E-state index >= 15 is 0 Å². The Morgan fingerprint density at radius 1 is 1.47 bits per heavy atom. The predicted octanol–water partition coefficient (Wildman–Crippen LogP) is 3.01. The molecule has 0 bridgehead atoms. The van der Waals surface area contributed by atoms with E-state index in [0.717, 1.165) is 4.47 Å². The van der Waals surface area contributed by atoms with Gasteiger partial charge in [-0.2, -0.15) is 5.10 Å². The minimum atomic E-state index is -0.521. The van der Waals surface area contributed by atoms with Gasteiger partial charge in [-0.15, -0.1) is 0 Å². The molecule has 0 spiro atoms. The fraction of sp³-hybridized carbons (Fsp3) is 0. The first-order valence-corrected chi connectivity index (χ1v) is 5.20. The van der Waals surface area contributed by atoms with Gasteiger partial charge in [-0.1, -0.05) is 11.6 Å². The lowest BCUT2D eigenvalue weighted by molar-refractivity contribution is 0.626. The van der Waals surface area contributed by atoms with Crippen molar-refractivity contribution in [2.24, 2.45) is 0 Å². The standard InChI is InChI=1S/C9H6BrClFN3/c10-5-3-14-15(4-5)9-2-7(12)6(11)1-8(9)13/h1-4H,13H2. The van der Waals surface area contributed by atoms with Crippen LogP contribution in [0.4, 0.5) is 10.1 Å². The van der Waals surface area contributed by atoms with Crippen molar-refractivity contribution in [3.63, 3.8) is 0 Å². The number of nitrogens with zero attached hydrogens (tertiary/aromatic N) is 2. The van der Waals surface area contributed by atoms with Crippen LogP contribution in [0.15, 0.2) is 29.0 Å². The molecule has 0 aliphatic carbocycles. The highest BCUT2D eigenvalue weighted by Gasteiger charge is 2.08. The Morgan fingerprint density at radius 3 is 2.80 bits per heavy atom. The van der Waals surface area contributed by atoms with Gasteiger partial charge in [-0.3, -0.25) is 0 Å². The summed E-state index contributed by atoms with van der Waals surface area (Å²) in [5.74, 6) is -0.521. The Labute approximate surface area is 98.8 Å². The van der Waals surface area contributed by atoms with Gasteiger partial charge in [0.2, 0.25) is 0 Å². The Hall–Kier alpha value is -1.07. The Balaban J connectivity index is 2.58. The summed E-state index contributed by atoms with van der Waals surface area (Å²) in [6, 6.07) is 2.61. The fourth-order valence-corrected chi connectivity index (χ4v) is 1.64. The van der Waals surface area contributed by atoms with Crippen molar-refractivity contribution >= 4 is 33.2 Å². The summed E-state index contributed by atoms with van der Waals surface area (Å²) in [4.78, 5) is 0. The molecule has 0 saturated carbocycles. The van der Waals surface area contributed by atoms with Crippen molar-refractivity contribution in [2.75, 3.05) is 5.73 Å². The first kappa shape index (κ1) is 10.4. The lowest BCUT2D eigenvalue weighted by Gasteiger charge is -2.06. The van der Waals surface area contributed by atoms with Crippen LogP contribution in [0, 0.1) is 5.82 Å². The van der Waals surface area contributed by atoms with Gasteiger partial charge in [0.15, 0.2) is 0 Å². The molecule has 2 aromatic rings. The summed E-state index contributed by atoms with van der Waals surface area (Å²) in [5, 5.41) is 4.00. The first-order valence-electron chi connectivity index (χ1n) is 4.03. The molecular weight excluding hydrogens is 284 g/mol. The van der Waals surface area contributed by atoms with Crippen molar-refractivity contribution < 1.29 is 4.39 Å². The smallest absolute Gasteiger partial charge is 0.144 e. The number of nitrogen functional groups attached to an aromatic ring is 1. The van der Waals surface area contributed by atoms with Crippen molar-refractivity contribution in [1.82, 2.24) is 9.78 Å². The Kier molecular flexibility index (Phi) is 2.67. The molecule has 0 amide bonds. The topological polar surface area (TPSA) is 43.8 Å². The van der Waals surface area contributed by atoms with Gasteiger partial charge in [0.1, 0.15) is 5.82 Å². The molecule has 1 aromatic carbocycles. The van der Waals surface area contributed by atoms with Crippen LogP contribution in [0.5, 0.6) is 0 Å². The highest BCUT2D eigenvalue weighted by Crippen LogP contribution is 2.25. The van der Waals surface area contributed by atoms with E-state index in [9.17, 15) is 4.39 Å². The molecule has 0 unspecified atom stereocenters. The summed E-state index contributed by atoms with van der Waals surface area (Å²) < 4.78 is 15.5. The number of rotatable bonds is 1. The molecule has 78 valence electrons. The number of hydrogen-bond donors (Lipinski definition) is 1. The van der Waals surface area contributed by atoms with Gasteiger partial charge in [0.25, 0.3) is 0 Å². The average Bonchev–Trinajstić information content (AvgIpc) is 2.58. The third kappa shape index (κ3) is 1.98. The third-order valence-electron chi connectivity index (χ3n) is 1.87. The normalized spacial score (nSPS) is 10.6. The van der Waals surface area contributed by atoms with E-state index in [1.165, 1.54) is 16.8 Å². The van der Waals surface area contributed by atoms with E-state index in [0.29, 0.717) is 11.4 Å². The van der Waals surface area contributed by atoms with Crippen LogP contribution in [-0.4, -0.2) is 9.78 Å². The zero-order chi connectivity index (χ0) is 11.0. The van der Waals surface area contributed by atoms with Crippen molar-refractivity contribution in [2.45, 2.75) is 0 Å². The average molecular weight is 291 g/mol. The minimum absolute atomic E-state index is 0.00229. The maximum Gasteiger partial charge on any atom is 0.144 e. The first-order chi connectivity index (χ1) is 7.08. The number of nitrogens with two attached hydrogens (primary N) is 1. The van der Waals surface area contributed by atoms with E-state index in [1.54, 1.807) is 12.4 Å². The molecule has 1 heterocycles. The van der Waals surface area contributed by atoms with E-state index in [-0.39, 0.29) is 5.02 Å². The third-order valence-corrected chi connectivity index (χ3v) is 2.57. The number of halogens is 3. The van der Waals surface area contributed by atoms with E-state index in [1.807, 2.05) is 0 Å². The molecule has 1 aromatic heterocycles. The van der Waals surface area contributed by atoms with Gasteiger partial charge < -0.3 is 5.73 Å². The predicted molar refractivity (Wildman–Crippen MR) is 60.6 cm³/mol. The second-order valence-electron chi connectivity index (χ2n) is 2.93. The number of benzene rings is 1. The van der Waals surface area contributed by atoms with Crippen molar-refractivity contribution in [3.05, 3.63) is 39.8 Å². The maximum absolute atomic E-state index is 13.2. The molecule has 0 aliphatic rings. The largest absolute Gasteiger partial charge is 0.397 e. The molecule has 6 heteroatoms. The lowest BCUT2D eigenvalue weighted by Crippen LogP contribution is -2.01. The molecule has 2 N–H and O–H groups in total. The summed E-state index contributed by atoms with van der Waals surface area (Å²) in [7, 11) is 0. The molecule has 0 aliphatic heterocycles. The second-order valence-corrected chi connectivity index (χ2v) is 4.25. The van der Waals surface area contributed by atoms with E-state index < -0.39 is 5.82 Å². The zero-order valence-electron chi connectivity index (χ0n) is 7.42. The number of hydrogen-bond acceptors (Lipinski definition) is 2. The molecule has 0 radical (unpaired) electrons. The molecule has 2 rings (SSSR count). The summed E-state index contributed by atoms with van der Waals surface area (Å²) in [6.45, 7) is 0. The van der Waals surface area contributed by atoms with Crippen LogP contribution in [0.1, 0.15) is 0 Å². The summed E-state index contributed by atoms with van der Waals surface area (Å²) in [5.41, 5.74) is 6.54. The summed E-state index contributed by atoms with van der Waals surface area (Å²) >= 11 is 8.83. The Bertz CT molecular complexity index is 512. The minimum Gasteiger partial charge on any atom is -0.397 e. The Morgan fingerprint density at radius 2 is 2.20 bits per heavy atom. The van der Waals surface area contributed by atoms with Gasteiger partial charge in [0.05, 0.1) is 27.1 Å². The molecule has 0 saturated heterocycles. The van der Waals surface area contributed by atoms with Crippen LogP contribution in [0.2, 0.25) is 5.02 Å². The molecule has 0 atom stereocenters. The highest BCUT2D eigenvalue weighted by molar-refractivity contribution is 9.10. The lowest BCUT2D eigenvalue weighted by atomic mass is 10.2. The van der Waals surface area contributed by atoms with Gasteiger partial charge in [-0.05, 0) is 22.0 Å². The molecule has 0 fully saturated rings. The molecular formula is C9H6BrClFN3. The van der Waals surface area contributed by atoms with E-state index in [2.05, 4.69) is 21.0 Å². The monoisotopic (exact) mass is 289 g/mol. The molecule has 15 heavy (non-hydrogen) atoms. The highest BCUT2D eigenvalue weighted by atomic mass is 79.9.